The van der Waals surface area contributed by atoms with Gasteiger partial charge in [-0.1, -0.05) is 13.8 Å². The molecular weight excluding hydrogens is 370 g/mol. The number of benzene rings is 1. The Bertz CT molecular complexity index is 661. The largest absolute Gasteiger partial charge is 0.349 e. The summed E-state index contributed by atoms with van der Waals surface area (Å²) in [6.07, 6.45) is 1.15. The smallest absolute Gasteiger partial charge is 0.257 e. The van der Waals surface area contributed by atoms with Gasteiger partial charge in [-0.15, -0.1) is 0 Å². The molecule has 0 heterocycles. The number of primary sulfonamides is 1. The summed E-state index contributed by atoms with van der Waals surface area (Å²) in [5.74, 6) is -3.70. The van der Waals surface area contributed by atoms with Gasteiger partial charge in [0, 0.05) is 10.5 Å². The highest BCUT2D eigenvalue weighted by atomic mass is 79.9. The summed E-state index contributed by atoms with van der Waals surface area (Å²) in [4.78, 5) is 11.0. The number of nitrogens with one attached hydrogen (secondary N) is 1. The van der Waals surface area contributed by atoms with Gasteiger partial charge in [0.1, 0.15) is 16.3 Å². The average Bonchev–Trinajstić information content (AvgIpc) is 2.33. The minimum Gasteiger partial charge on any atom is -0.349 e. The molecule has 118 valence electrons. The van der Waals surface area contributed by atoms with Crippen LogP contribution >= 0.6 is 15.9 Å². The topological polar surface area (TPSA) is 89.3 Å². The average molecular weight is 385 g/mol. The number of nitrogens with two attached hydrogens (primary N) is 1. The van der Waals surface area contributed by atoms with Gasteiger partial charge in [0.25, 0.3) is 5.91 Å². The van der Waals surface area contributed by atoms with Crippen LogP contribution in [0.4, 0.5) is 8.78 Å². The zero-order valence-corrected chi connectivity index (χ0v) is 13.8. The van der Waals surface area contributed by atoms with Gasteiger partial charge in [-0.3, -0.25) is 4.79 Å². The molecule has 0 fully saturated rings. The Morgan fingerprint density at radius 2 is 1.90 bits per heavy atom. The van der Waals surface area contributed by atoms with Crippen molar-refractivity contribution in [2.75, 3.05) is 0 Å². The van der Waals surface area contributed by atoms with Crippen molar-refractivity contribution in [1.82, 2.24) is 5.32 Å². The van der Waals surface area contributed by atoms with E-state index in [4.69, 9.17) is 5.14 Å². The lowest BCUT2D eigenvalue weighted by Crippen LogP contribution is -2.35. The van der Waals surface area contributed by atoms with Gasteiger partial charge in [-0.25, -0.2) is 22.3 Å². The van der Waals surface area contributed by atoms with Crippen LogP contribution < -0.4 is 10.5 Å². The first-order valence-electron chi connectivity index (χ1n) is 6.14. The molecule has 0 aromatic heterocycles. The van der Waals surface area contributed by atoms with Gasteiger partial charge in [0.2, 0.25) is 10.0 Å². The lowest BCUT2D eigenvalue weighted by atomic mass is 10.1. The summed E-state index contributed by atoms with van der Waals surface area (Å²) in [5, 5.41) is 7.32. The molecule has 0 aliphatic heterocycles. The molecule has 9 heteroatoms. The highest BCUT2D eigenvalue weighted by Gasteiger charge is 2.28. The molecule has 0 unspecified atom stereocenters. The van der Waals surface area contributed by atoms with Gasteiger partial charge in [-0.2, -0.15) is 0 Å². The van der Waals surface area contributed by atoms with Crippen molar-refractivity contribution in [1.29, 1.82) is 0 Å². The molecule has 0 aliphatic carbocycles. The fraction of sp³-hybridized carbons (Fsp3) is 0.417. The molecule has 0 bridgehead atoms. The van der Waals surface area contributed by atoms with Gasteiger partial charge in [0.05, 0.1) is 0 Å². The van der Waals surface area contributed by atoms with E-state index >= 15 is 0 Å². The van der Waals surface area contributed by atoms with Crippen LogP contribution in [0.5, 0.6) is 0 Å². The minimum absolute atomic E-state index is 0.266. The maximum absolute atomic E-state index is 14.2. The van der Waals surface area contributed by atoms with Crippen LogP contribution in [0.2, 0.25) is 0 Å². The monoisotopic (exact) mass is 384 g/mol. The Kier molecular flexibility index (Phi) is 5.83. The number of carbonyl (C=O) groups excluding carboxylic acids is 1. The van der Waals surface area contributed by atoms with Crippen LogP contribution in [0.3, 0.4) is 0 Å². The Morgan fingerprint density at radius 3 is 2.33 bits per heavy atom. The third-order valence-corrected chi connectivity index (χ3v) is 4.82. The number of carbonyl (C=O) groups is 1. The van der Waals surface area contributed by atoms with E-state index in [0.29, 0.717) is 18.9 Å². The van der Waals surface area contributed by atoms with Crippen molar-refractivity contribution in [2.24, 2.45) is 5.14 Å². The molecule has 0 radical (unpaired) electrons. The number of amides is 1. The third-order valence-electron chi connectivity index (χ3n) is 2.96. The van der Waals surface area contributed by atoms with Crippen LogP contribution in [0.25, 0.3) is 0 Å². The van der Waals surface area contributed by atoms with Crippen LogP contribution in [0.15, 0.2) is 15.4 Å². The van der Waals surface area contributed by atoms with Gasteiger partial charge in [0.15, 0.2) is 5.82 Å². The number of sulfonamides is 1. The molecule has 0 saturated carbocycles. The standard InChI is InChI=1S/C12H15BrF2N2O3S/c1-3-6(4-2)17-12(18)9-8(14)5-7(13)11(10(9)15)21(16,19)20/h5-6H,3-4H2,1-2H3,(H,17,18)(H2,16,19,20). The SMILES string of the molecule is CCC(CC)NC(=O)c1c(F)cc(Br)c(S(N)(=O)=O)c1F. The molecule has 21 heavy (non-hydrogen) atoms. The molecule has 1 rings (SSSR count). The van der Waals surface area contributed by atoms with E-state index in [1.165, 1.54) is 0 Å². The third kappa shape index (κ3) is 3.98. The van der Waals surface area contributed by atoms with Gasteiger partial charge < -0.3 is 5.32 Å². The zero-order chi connectivity index (χ0) is 16.4. The zero-order valence-electron chi connectivity index (χ0n) is 11.4. The Morgan fingerprint density at radius 1 is 1.38 bits per heavy atom. The molecule has 0 atom stereocenters. The second-order valence-electron chi connectivity index (χ2n) is 4.39. The Labute approximate surface area is 130 Å². The minimum atomic E-state index is -4.45. The fourth-order valence-corrected chi connectivity index (χ4v) is 3.53. The first-order valence-corrected chi connectivity index (χ1v) is 8.48. The summed E-state index contributed by atoms with van der Waals surface area (Å²) < 4.78 is 50.4. The molecule has 3 N–H and O–H groups in total. The maximum atomic E-state index is 14.2. The predicted molar refractivity (Wildman–Crippen MR) is 77.3 cm³/mol. The van der Waals surface area contributed by atoms with E-state index in [2.05, 4.69) is 21.2 Å². The van der Waals surface area contributed by atoms with E-state index in [-0.39, 0.29) is 10.5 Å². The van der Waals surface area contributed by atoms with Crippen LogP contribution in [-0.4, -0.2) is 20.4 Å². The number of rotatable bonds is 5. The van der Waals surface area contributed by atoms with Crippen LogP contribution in [0, 0.1) is 11.6 Å². The van der Waals surface area contributed by atoms with Crippen molar-refractivity contribution < 1.29 is 22.0 Å². The number of hydrogen-bond donors (Lipinski definition) is 2. The van der Waals surface area contributed by atoms with Crippen LogP contribution in [-0.2, 0) is 10.0 Å². The normalized spacial score (nSPS) is 11.8. The molecule has 1 aromatic carbocycles. The summed E-state index contributed by atoms with van der Waals surface area (Å²) in [6.45, 7) is 3.61. The van der Waals surface area contributed by atoms with E-state index in [1.54, 1.807) is 13.8 Å². The lowest BCUT2D eigenvalue weighted by molar-refractivity contribution is 0.0925. The predicted octanol–water partition coefficient (Wildman–Crippen LogP) is 2.29. The van der Waals surface area contributed by atoms with E-state index < -0.39 is 38.0 Å². The lowest BCUT2D eigenvalue weighted by Gasteiger charge is -2.16. The van der Waals surface area contributed by atoms with Crippen LogP contribution in [0.1, 0.15) is 37.0 Å². The Hall–Kier alpha value is -1.06. The van der Waals surface area contributed by atoms with Gasteiger partial charge >= 0.3 is 0 Å². The summed E-state index contributed by atoms with van der Waals surface area (Å²) in [5.41, 5.74) is -0.964. The maximum Gasteiger partial charge on any atom is 0.257 e. The second-order valence-corrected chi connectivity index (χ2v) is 6.74. The highest BCUT2D eigenvalue weighted by molar-refractivity contribution is 9.10. The molecule has 5 nitrogen and oxygen atoms in total. The molecule has 0 spiro atoms. The fourth-order valence-electron chi connectivity index (χ4n) is 1.79. The molecular formula is C12H15BrF2N2O3S. The van der Waals surface area contributed by atoms with Crippen molar-refractivity contribution in [3.63, 3.8) is 0 Å². The van der Waals surface area contributed by atoms with Crippen molar-refractivity contribution in [3.8, 4) is 0 Å². The van der Waals surface area contributed by atoms with E-state index in [9.17, 15) is 22.0 Å². The van der Waals surface area contributed by atoms with Crippen molar-refractivity contribution in [2.45, 2.75) is 37.6 Å². The Balaban J connectivity index is 3.41. The molecule has 0 aliphatic rings. The summed E-state index contributed by atoms with van der Waals surface area (Å²) in [7, 11) is -4.45. The van der Waals surface area contributed by atoms with E-state index in [0.717, 1.165) is 0 Å². The van der Waals surface area contributed by atoms with Crippen molar-refractivity contribution in [3.05, 3.63) is 27.7 Å². The first kappa shape index (κ1) is 18.0. The van der Waals surface area contributed by atoms with Gasteiger partial charge in [-0.05, 0) is 34.8 Å². The van der Waals surface area contributed by atoms with Crippen molar-refractivity contribution >= 4 is 31.9 Å². The highest BCUT2D eigenvalue weighted by Crippen LogP contribution is 2.28. The number of halogens is 3. The first-order chi connectivity index (χ1) is 9.63. The molecule has 0 saturated heterocycles. The molecule has 1 amide bonds. The molecule has 1 aromatic rings. The van der Waals surface area contributed by atoms with E-state index in [1.807, 2.05) is 0 Å². The second kappa shape index (κ2) is 6.80. The summed E-state index contributed by atoms with van der Waals surface area (Å²) in [6, 6.07) is 0.433. The summed E-state index contributed by atoms with van der Waals surface area (Å²) >= 11 is 2.72. The number of hydrogen-bond acceptors (Lipinski definition) is 3. The quantitative estimate of drug-likeness (QED) is 0.815.